The van der Waals surface area contributed by atoms with Crippen LogP contribution in [-0.2, 0) is 11.3 Å². The molecule has 0 unspecified atom stereocenters. The first-order chi connectivity index (χ1) is 12.6. The Morgan fingerprint density at radius 3 is 2.92 bits per heavy atom. The number of hydrogen-bond donors (Lipinski definition) is 0. The minimum Gasteiger partial charge on any atom is -0.444 e. The molecule has 3 heterocycles. The van der Waals surface area contributed by atoms with Gasteiger partial charge in [0.05, 0.1) is 25.0 Å². The van der Waals surface area contributed by atoms with Crippen LogP contribution in [-0.4, -0.2) is 43.3 Å². The first-order valence-electron chi connectivity index (χ1n) is 8.28. The van der Waals surface area contributed by atoms with Crippen LogP contribution in [0.15, 0.2) is 43.2 Å². The van der Waals surface area contributed by atoms with E-state index < -0.39 is 11.9 Å². The second-order valence-corrected chi connectivity index (χ2v) is 6.05. The van der Waals surface area contributed by atoms with Gasteiger partial charge in [0, 0.05) is 11.8 Å². The van der Waals surface area contributed by atoms with E-state index in [1.54, 1.807) is 35.5 Å². The van der Waals surface area contributed by atoms with E-state index in [1.165, 1.54) is 22.0 Å². The number of carbonyl (C=O) groups is 1. The molecule has 0 bridgehead atoms. The number of benzene rings is 1. The highest BCUT2D eigenvalue weighted by Gasteiger charge is 2.31. The number of nitrogens with zero attached hydrogens (tertiary/aromatic N) is 6. The average molecular weight is 356 g/mol. The third kappa shape index (κ3) is 3.03. The predicted molar refractivity (Wildman–Crippen MR) is 90.6 cm³/mol. The summed E-state index contributed by atoms with van der Waals surface area (Å²) in [5.41, 5.74) is 1.65. The zero-order chi connectivity index (χ0) is 18.1. The number of aromatic nitrogens is 5. The summed E-state index contributed by atoms with van der Waals surface area (Å²) in [4.78, 5) is 17.2. The van der Waals surface area contributed by atoms with E-state index in [0.29, 0.717) is 24.5 Å². The van der Waals surface area contributed by atoms with Gasteiger partial charge in [-0.1, -0.05) is 6.92 Å². The SMILES string of the molecule is CC[C@H]1CN(c2ccc(-n3cc(Cn4cncn4)cn3)c(F)c2)C(=O)O1. The zero-order valence-electron chi connectivity index (χ0n) is 14.1. The summed E-state index contributed by atoms with van der Waals surface area (Å²) < 4.78 is 23.0. The third-order valence-corrected chi connectivity index (χ3v) is 4.27. The smallest absolute Gasteiger partial charge is 0.414 e. The van der Waals surface area contributed by atoms with Crippen molar-refractivity contribution < 1.29 is 13.9 Å². The lowest BCUT2D eigenvalue weighted by Gasteiger charge is -2.14. The van der Waals surface area contributed by atoms with Crippen molar-refractivity contribution in [2.45, 2.75) is 26.0 Å². The Morgan fingerprint density at radius 1 is 1.35 bits per heavy atom. The lowest BCUT2D eigenvalue weighted by Crippen LogP contribution is -2.24. The van der Waals surface area contributed by atoms with Crippen LogP contribution in [0, 0.1) is 5.82 Å². The zero-order valence-corrected chi connectivity index (χ0v) is 14.1. The molecule has 26 heavy (non-hydrogen) atoms. The molecule has 1 atom stereocenters. The third-order valence-electron chi connectivity index (χ3n) is 4.27. The van der Waals surface area contributed by atoms with E-state index in [1.807, 2.05) is 6.92 Å². The van der Waals surface area contributed by atoms with Gasteiger partial charge in [0.15, 0.2) is 5.82 Å². The number of cyclic esters (lactones) is 1. The molecule has 0 radical (unpaired) electrons. The predicted octanol–water partition coefficient (Wildman–Crippen LogP) is 2.39. The Balaban J connectivity index is 1.55. The average Bonchev–Trinajstić information content (AvgIpc) is 3.36. The first kappa shape index (κ1) is 16.2. The van der Waals surface area contributed by atoms with E-state index in [-0.39, 0.29) is 6.10 Å². The van der Waals surface area contributed by atoms with Crippen LogP contribution >= 0.6 is 0 Å². The second-order valence-electron chi connectivity index (χ2n) is 6.05. The summed E-state index contributed by atoms with van der Waals surface area (Å²) in [6.07, 6.45) is 6.56. The molecule has 0 saturated carbocycles. The number of carbonyl (C=O) groups excluding carboxylic acids is 1. The van der Waals surface area contributed by atoms with Crippen LogP contribution in [0.3, 0.4) is 0 Å². The lowest BCUT2D eigenvalue weighted by atomic mass is 10.2. The number of amides is 1. The van der Waals surface area contributed by atoms with Crippen molar-refractivity contribution in [3.63, 3.8) is 0 Å². The van der Waals surface area contributed by atoms with Crippen molar-refractivity contribution >= 4 is 11.8 Å². The molecule has 1 saturated heterocycles. The Hall–Kier alpha value is -3.23. The van der Waals surface area contributed by atoms with Crippen LogP contribution in [0.2, 0.25) is 0 Å². The summed E-state index contributed by atoms with van der Waals surface area (Å²) in [5, 5.41) is 8.24. The number of hydrogen-bond acceptors (Lipinski definition) is 5. The number of ether oxygens (including phenoxy) is 1. The molecule has 9 heteroatoms. The number of rotatable bonds is 5. The fourth-order valence-corrected chi connectivity index (χ4v) is 2.87. The van der Waals surface area contributed by atoms with Crippen LogP contribution in [0.25, 0.3) is 5.69 Å². The quantitative estimate of drug-likeness (QED) is 0.701. The molecule has 1 fully saturated rings. The Labute approximate surface area is 148 Å². The highest BCUT2D eigenvalue weighted by Crippen LogP contribution is 2.26. The van der Waals surface area contributed by atoms with Crippen molar-refractivity contribution in [1.82, 2.24) is 24.5 Å². The van der Waals surface area contributed by atoms with E-state index in [2.05, 4.69) is 15.2 Å². The molecule has 1 aromatic carbocycles. The molecule has 134 valence electrons. The molecule has 2 aromatic heterocycles. The summed E-state index contributed by atoms with van der Waals surface area (Å²) >= 11 is 0. The van der Waals surface area contributed by atoms with E-state index >= 15 is 0 Å². The van der Waals surface area contributed by atoms with Crippen LogP contribution in [0.4, 0.5) is 14.9 Å². The Morgan fingerprint density at radius 2 is 2.23 bits per heavy atom. The standard InChI is InChI=1S/C17H17FN6O2/c1-2-14-9-23(17(25)26-14)13-3-4-16(15(18)5-13)24-8-12(6-20-24)7-22-11-19-10-21-22/h3-6,8,10-11,14H,2,7,9H2,1H3/t14-/m0/s1. The van der Waals surface area contributed by atoms with Gasteiger partial charge in [-0.25, -0.2) is 23.5 Å². The monoisotopic (exact) mass is 356 g/mol. The highest BCUT2D eigenvalue weighted by atomic mass is 19.1. The molecule has 0 N–H and O–H groups in total. The fourth-order valence-electron chi connectivity index (χ4n) is 2.87. The van der Waals surface area contributed by atoms with E-state index in [0.717, 1.165) is 12.0 Å². The Bertz CT molecular complexity index is 923. The molecule has 1 aliphatic rings. The second kappa shape index (κ2) is 6.58. The summed E-state index contributed by atoms with van der Waals surface area (Å²) in [5.74, 6) is -0.467. The Kier molecular flexibility index (Phi) is 4.11. The van der Waals surface area contributed by atoms with Gasteiger partial charge in [0.1, 0.15) is 24.4 Å². The molecule has 0 spiro atoms. The maximum Gasteiger partial charge on any atom is 0.414 e. The lowest BCUT2D eigenvalue weighted by molar-refractivity contribution is 0.139. The van der Waals surface area contributed by atoms with Crippen LogP contribution < -0.4 is 4.90 Å². The van der Waals surface area contributed by atoms with Crippen molar-refractivity contribution in [2.75, 3.05) is 11.4 Å². The molecule has 1 aliphatic heterocycles. The maximum atomic E-state index is 14.6. The van der Waals surface area contributed by atoms with Crippen LogP contribution in [0.1, 0.15) is 18.9 Å². The minimum absolute atomic E-state index is 0.157. The van der Waals surface area contributed by atoms with Gasteiger partial charge in [-0.3, -0.25) is 4.90 Å². The maximum absolute atomic E-state index is 14.6. The molecule has 8 nitrogen and oxygen atoms in total. The fraction of sp³-hybridized carbons (Fsp3) is 0.294. The van der Waals surface area contributed by atoms with Gasteiger partial charge in [-0.05, 0) is 24.6 Å². The first-order valence-corrected chi connectivity index (χ1v) is 8.28. The van der Waals surface area contributed by atoms with E-state index in [9.17, 15) is 9.18 Å². The summed E-state index contributed by atoms with van der Waals surface area (Å²) in [7, 11) is 0. The van der Waals surface area contributed by atoms with Gasteiger partial charge >= 0.3 is 6.09 Å². The van der Waals surface area contributed by atoms with Crippen molar-refractivity contribution in [2.24, 2.45) is 0 Å². The highest BCUT2D eigenvalue weighted by molar-refractivity contribution is 5.89. The van der Waals surface area contributed by atoms with Gasteiger partial charge in [0.25, 0.3) is 0 Å². The van der Waals surface area contributed by atoms with Crippen molar-refractivity contribution in [3.8, 4) is 5.69 Å². The van der Waals surface area contributed by atoms with Gasteiger partial charge < -0.3 is 4.74 Å². The molecule has 4 rings (SSSR count). The molecule has 3 aromatic rings. The summed E-state index contributed by atoms with van der Waals surface area (Å²) in [6, 6.07) is 4.62. The van der Waals surface area contributed by atoms with Crippen LogP contribution in [0.5, 0.6) is 0 Å². The van der Waals surface area contributed by atoms with Gasteiger partial charge in [-0.2, -0.15) is 10.2 Å². The van der Waals surface area contributed by atoms with Crippen molar-refractivity contribution in [3.05, 3.63) is 54.6 Å². The molecular formula is C17H17FN6O2. The number of halogens is 1. The molecule has 0 aliphatic carbocycles. The minimum atomic E-state index is -0.467. The van der Waals surface area contributed by atoms with Gasteiger partial charge in [0.2, 0.25) is 0 Å². The number of anilines is 1. The largest absolute Gasteiger partial charge is 0.444 e. The molecule has 1 amide bonds. The summed E-state index contributed by atoms with van der Waals surface area (Å²) in [6.45, 7) is 2.87. The topological polar surface area (TPSA) is 78.1 Å². The van der Waals surface area contributed by atoms with Crippen molar-refractivity contribution in [1.29, 1.82) is 0 Å². The van der Waals surface area contributed by atoms with E-state index in [4.69, 9.17) is 4.74 Å². The van der Waals surface area contributed by atoms with Gasteiger partial charge in [-0.15, -0.1) is 0 Å². The molecular weight excluding hydrogens is 339 g/mol. The normalized spacial score (nSPS) is 16.9.